The Morgan fingerprint density at radius 3 is 2.56 bits per heavy atom. The number of benzene rings is 1. The van der Waals surface area contributed by atoms with Crippen molar-refractivity contribution < 1.29 is 4.74 Å². The van der Waals surface area contributed by atoms with Crippen molar-refractivity contribution in [2.45, 2.75) is 13.5 Å². The van der Waals surface area contributed by atoms with Crippen molar-refractivity contribution in [2.24, 2.45) is 0 Å². The monoisotopic (exact) mass is 242 g/mol. The molecule has 0 spiro atoms. The minimum absolute atomic E-state index is 0.549. The van der Waals surface area contributed by atoms with Crippen molar-refractivity contribution in [1.82, 2.24) is 4.98 Å². The molecule has 2 rings (SSSR count). The molecule has 0 radical (unpaired) electrons. The average Bonchev–Trinajstić information content (AvgIpc) is 2.45. The van der Waals surface area contributed by atoms with Gasteiger partial charge in [0.2, 0.25) is 5.88 Å². The van der Waals surface area contributed by atoms with E-state index in [1.807, 2.05) is 55.6 Å². The summed E-state index contributed by atoms with van der Waals surface area (Å²) in [5.41, 5.74) is 1.15. The highest BCUT2D eigenvalue weighted by Gasteiger charge is 2.02. The summed E-state index contributed by atoms with van der Waals surface area (Å²) in [6, 6.07) is 15.9. The van der Waals surface area contributed by atoms with Crippen LogP contribution in [-0.4, -0.2) is 18.6 Å². The van der Waals surface area contributed by atoms with Crippen LogP contribution in [0.3, 0.4) is 0 Å². The van der Waals surface area contributed by atoms with Crippen molar-refractivity contribution in [2.75, 3.05) is 18.5 Å². The summed E-state index contributed by atoms with van der Waals surface area (Å²) >= 11 is 0. The van der Waals surface area contributed by atoms with E-state index in [0.29, 0.717) is 12.5 Å². The number of anilines is 1. The number of hydrogen-bond donors (Lipinski definition) is 0. The molecule has 0 saturated heterocycles. The van der Waals surface area contributed by atoms with Gasteiger partial charge in [0.15, 0.2) is 0 Å². The molecule has 0 saturated carbocycles. The topological polar surface area (TPSA) is 25.4 Å². The molecule has 1 aromatic heterocycles. The van der Waals surface area contributed by atoms with Crippen LogP contribution in [0.2, 0.25) is 0 Å². The summed E-state index contributed by atoms with van der Waals surface area (Å²) in [6.45, 7) is 3.57. The number of ether oxygens (including phenoxy) is 1. The molecule has 94 valence electrons. The second-order valence-electron chi connectivity index (χ2n) is 4.12. The van der Waals surface area contributed by atoms with Crippen LogP contribution in [0, 0.1) is 0 Å². The van der Waals surface area contributed by atoms with Gasteiger partial charge in [-0.2, -0.15) is 4.98 Å². The Labute approximate surface area is 108 Å². The quantitative estimate of drug-likeness (QED) is 0.805. The molecule has 0 bridgehead atoms. The number of pyridine rings is 1. The Kier molecular flexibility index (Phi) is 4.18. The van der Waals surface area contributed by atoms with E-state index in [1.54, 1.807) is 0 Å². The van der Waals surface area contributed by atoms with E-state index in [1.165, 1.54) is 0 Å². The zero-order valence-corrected chi connectivity index (χ0v) is 10.8. The number of hydrogen-bond acceptors (Lipinski definition) is 3. The summed E-state index contributed by atoms with van der Waals surface area (Å²) in [7, 11) is 2.02. The van der Waals surface area contributed by atoms with Gasteiger partial charge in [-0.25, -0.2) is 0 Å². The normalized spacial score (nSPS) is 10.1. The second kappa shape index (κ2) is 6.05. The molecular formula is C15H18N2O. The zero-order chi connectivity index (χ0) is 12.8. The van der Waals surface area contributed by atoms with Crippen molar-refractivity contribution in [3.05, 3.63) is 54.1 Å². The van der Waals surface area contributed by atoms with Crippen LogP contribution in [0.4, 0.5) is 5.82 Å². The first-order valence-electron chi connectivity index (χ1n) is 6.14. The van der Waals surface area contributed by atoms with Crippen LogP contribution in [0.1, 0.15) is 12.5 Å². The van der Waals surface area contributed by atoms with Gasteiger partial charge < -0.3 is 9.64 Å². The molecule has 0 aliphatic carbocycles. The number of nitrogens with zero attached hydrogens (tertiary/aromatic N) is 2. The van der Waals surface area contributed by atoms with Gasteiger partial charge in [-0.05, 0) is 18.6 Å². The molecule has 3 heteroatoms. The summed E-state index contributed by atoms with van der Waals surface area (Å²) in [4.78, 5) is 6.54. The van der Waals surface area contributed by atoms with Gasteiger partial charge >= 0.3 is 0 Å². The lowest BCUT2D eigenvalue weighted by Crippen LogP contribution is -2.17. The fourth-order valence-corrected chi connectivity index (χ4v) is 1.59. The highest BCUT2D eigenvalue weighted by atomic mass is 16.5. The summed E-state index contributed by atoms with van der Waals surface area (Å²) in [5.74, 6) is 1.60. The molecule has 18 heavy (non-hydrogen) atoms. The number of aromatic nitrogens is 1. The maximum atomic E-state index is 5.69. The summed E-state index contributed by atoms with van der Waals surface area (Å²) < 4.78 is 5.69. The lowest BCUT2D eigenvalue weighted by Gasteiger charge is -2.16. The SMILES string of the molecule is CCN(C)c1cccc(OCc2ccccc2)n1. The van der Waals surface area contributed by atoms with E-state index in [-0.39, 0.29) is 0 Å². The lowest BCUT2D eigenvalue weighted by atomic mass is 10.2. The fourth-order valence-electron chi connectivity index (χ4n) is 1.59. The van der Waals surface area contributed by atoms with Gasteiger partial charge in [0.1, 0.15) is 12.4 Å². The molecular weight excluding hydrogens is 224 g/mol. The van der Waals surface area contributed by atoms with E-state index in [0.717, 1.165) is 17.9 Å². The van der Waals surface area contributed by atoms with E-state index in [9.17, 15) is 0 Å². The Morgan fingerprint density at radius 1 is 1.06 bits per heavy atom. The summed E-state index contributed by atoms with van der Waals surface area (Å²) in [5, 5.41) is 0. The molecule has 3 nitrogen and oxygen atoms in total. The van der Waals surface area contributed by atoms with Crippen molar-refractivity contribution in [3.63, 3.8) is 0 Å². The van der Waals surface area contributed by atoms with Crippen LogP contribution in [0.5, 0.6) is 5.88 Å². The van der Waals surface area contributed by atoms with Crippen LogP contribution < -0.4 is 9.64 Å². The minimum Gasteiger partial charge on any atom is -0.473 e. The van der Waals surface area contributed by atoms with Crippen molar-refractivity contribution >= 4 is 5.82 Å². The summed E-state index contributed by atoms with van der Waals surface area (Å²) in [6.07, 6.45) is 0. The van der Waals surface area contributed by atoms with Gasteiger partial charge in [-0.15, -0.1) is 0 Å². The van der Waals surface area contributed by atoms with Gasteiger partial charge in [0.25, 0.3) is 0 Å². The van der Waals surface area contributed by atoms with Crippen LogP contribution in [0.25, 0.3) is 0 Å². The van der Waals surface area contributed by atoms with Gasteiger partial charge in [0, 0.05) is 19.7 Å². The lowest BCUT2D eigenvalue weighted by molar-refractivity contribution is 0.294. The highest BCUT2D eigenvalue weighted by molar-refractivity contribution is 5.39. The molecule has 1 aromatic carbocycles. The largest absolute Gasteiger partial charge is 0.473 e. The molecule has 0 aliphatic heterocycles. The third-order valence-corrected chi connectivity index (χ3v) is 2.80. The Bertz CT molecular complexity index is 485. The van der Waals surface area contributed by atoms with Crippen LogP contribution >= 0.6 is 0 Å². The second-order valence-corrected chi connectivity index (χ2v) is 4.12. The molecule has 0 amide bonds. The van der Waals surface area contributed by atoms with Crippen LogP contribution in [-0.2, 0) is 6.61 Å². The van der Waals surface area contributed by atoms with E-state index in [2.05, 4.69) is 16.8 Å². The molecule has 0 unspecified atom stereocenters. The molecule has 0 N–H and O–H groups in total. The van der Waals surface area contributed by atoms with E-state index < -0.39 is 0 Å². The third-order valence-electron chi connectivity index (χ3n) is 2.80. The van der Waals surface area contributed by atoms with Crippen molar-refractivity contribution in [3.8, 4) is 5.88 Å². The first kappa shape index (κ1) is 12.4. The molecule has 1 heterocycles. The molecule has 0 aliphatic rings. The Hall–Kier alpha value is -2.03. The maximum absolute atomic E-state index is 5.69. The first-order valence-corrected chi connectivity index (χ1v) is 6.14. The smallest absolute Gasteiger partial charge is 0.215 e. The Morgan fingerprint density at radius 2 is 1.83 bits per heavy atom. The maximum Gasteiger partial charge on any atom is 0.215 e. The van der Waals surface area contributed by atoms with Crippen molar-refractivity contribution in [1.29, 1.82) is 0 Å². The Balaban J connectivity index is 2.01. The van der Waals surface area contributed by atoms with Gasteiger partial charge in [0.05, 0.1) is 0 Å². The standard InChI is InChI=1S/C15H18N2O/c1-3-17(2)14-10-7-11-15(16-14)18-12-13-8-5-4-6-9-13/h4-11H,3,12H2,1-2H3. The van der Waals surface area contributed by atoms with Gasteiger partial charge in [-0.3, -0.25) is 0 Å². The first-order chi connectivity index (χ1) is 8.79. The fraction of sp³-hybridized carbons (Fsp3) is 0.267. The highest BCUT2D eigenvalue weighted by Crippen LogP contribution is 2.15. The minimum atomic E-state index is 0.549. The molecule has 2 aromatic rings. The molecule has 0 atom stereocenters. The number of rotatable bonds is 5. The zero-order valence-electron chi connectivity index (χ0n) is 10.8. The van der Waals surface area contributed by atoms with Gasteiger partial charge in [-0.1, -0.05) is 36.4 Å². The van der Waals surface area contributed by atoms with E-state index >= 15 is 0 Å². The van der Waals surface area contributed by atoms with E-state index in [4.69, 9.17) is 4.74 Å². The predicted octanol–water partition coefficient (Wildman–Crippen LogP) is 3.12. The molecule has 0 fully saturated rings. The predicted molar refractivity (Wildman–Crippen MR) is 74.0 cm³/mol. The third kappa shape index (κ3) is 3.23. The average molecular weight is 242 g/mol. The van der Waals surface area contributed by atoms with Crippen LogP contribution in [0.15, 0.2) is 48.5 Å².